The highest BCUT2D eigenvalue weighted by Crippen LogP contribution is 2.19. The lowest BCUT2D eigenvalue weighted by Gasteiger charge is -2.27. The summed E-state index contributed by atoms with van der Waals surface area (Å²) in [5.41, 5.74) is 3.36. The minimum absolute atomic E-state index is 0.731. The molecule has 5 heteroatoms. The van der Waals surface area contributed by atoms with Crippen LogP contribution in [0.5, 0.6) is 0 Å². The van der Waals surface area contributed by atoms with Crippen LogP contribution in [0.3, 0.4) is 0 Å². The monoisotopic (exact) mass is 290 g/mol. The lowest BCUT2D eigenvalue weighted by Crippen LogP contribution is -2.38. The second-order valence-corrected chi connectivity index (χ2v) is 6.24. The van der Waals surface area contributed by atoms with Gasteiger partial charge in [-0.1, -0.05) is 13.0 Å². The third kappa shape index (κ3) is 3.00. The van der Waals surface area contributed by atoms with Crippen molar-refractivity contribution in [2.45, 2.75) is 32.4 Å². The maximum absolute atomic E-state index is 4.32. The Morgan fingerprint density at radius 2 is 2.20 bits per heavy atom. The smallest absolute Gasteiger partial charge is 0.105 e. The molecule has 3 rings (SSSR count). The summed E-state index contributed by atoms with van der Waals surface area (Å²) in [6.45, 7) is 6.85. The maximum atomic E-state index is 4.32. The van der Waals surface area contributed by atoms with Crippen molar-refractivity contribution < 1.29 is 0 Å². The van der Waals surface area contributed by atoms with Crippen LogP contribution in [-0.4, -0.2) is 51.3 Å². The first-order valence-electron chi connectivity index (χ1n) is 7.40. The minimum Gasteiger partial charge on any atom is -0.301 e. The Bertz CT molecular complexity index is 568. The van der Waals surface area contributed by atoms with Crippen LogP contribution >= 0.6 is 11.7 Å². The highest BCUT2D eigenvalue weighted by atomic mass is 32.1. The number of hydrogen-bond donors (Lipinski definition) is 0. The van der Waals surface area contributed by atoms with Crippen LogP contribution in [0.25, 0.3) is 11.0 Å². The van der Waals surface area contributed by atoms with Crippen LogP contribution in [0.1, 0.15) is 25.3 Å². The van der Waals surface area contributed by atoms with Gasteiger partial charge in [-0.2, -0.15) is 8.75 Å². The molecule has 2 heterocycles. The van der Waals surface area contributed by atoms with Gasteiger partial charge >= 0.3 is 0 Å². The summed E-state index contributed by atoms with van der Waals surface area (Å²) in [5.74, 6) is 0. The van der Waals surface area contributed by atoms with Crippen LogP contribution in [-0.2, 0) is 6.54 Å². The Balaban J connectivity index is 1.61. The zero-order valence-electron chi connectivity index (χ0n) is 12.2. The molecule has 0 amide bonds. The van der Waals surface area contributed by atoms with Crippen molar-refractivity contribution >= 4 is 22.8 Å². The van der Waals surface area contributed by atoms with Gasteiger partial charge in [0.15, 0.2) is 0 Å². The highest BCUT2D eigenvalue weighted by molar-refractivity contribution is 7.00. The predicted molar refractivity (Wildman–Crippen MR) is 84.0 cm³/mol. The first-order chi connectivity index (χ1) is 9.76. The van der Waals surface area contributed by atoms with Gasteiger partial charge in [-0.15, -0.1) is 0 Å². The Morgan fingerprint density at radius 3 is 3.05 bits per heavy atom. The number of nitrogens with zero attached hydrogens (tertiary/aromatic N) is 4. The molecule has 1 aliphatic rings. The van der Waals surface area contributed by atoms with E-state index in [0.29, 0.717) is 0 Å². The summed E-state index contributed by atoms with van der Waals surface area (Å²) >= 11 is 1.29. The zero-order chi connectivity index (χ0) is 13.9. The van der Waals surface area contributed by atoms with Crippen molar-refractivity contribution in [3.05, 3.63) is 23.8 Å². The van der Waals surface area contributed by atoms with E-state index in [9.17, 15) is 0 Å². The van der Waals surface area contributed by atoms with Gasteiger partial charge in [0.25, 0.3) is 0 Å². The number of hydrogen-bond acceptors (Lipinski definition) is 5. The normalized spacial score (nSPS) is 20.2. The van der Waals surface area contributed by atoms with E-state index in [4.69, 9.17) is 0 Å². The van der Waals surface area contributed by atoms with Crippen molar-refractivity contribution in [1.29, 1.82) is 0 Å². The molecule has 0 saturated carbocycles. The summed E-state index contributed by atoms with van der Waals surface area (Å²) in [7, 11) is 2.22. The van der Waals surface area contributed by atoms with Gasteiger partial charge < -0.3 is 4.90 Å². The van der Waals surface area contributed by atoms with E-state index in [2.05, 4.69) is 50.7 Å². The summed E-state index contributed by atoms with van der Waals surface area (Å²) in [6.07, 6.45) is 2.69. The zero-order valence-corrected chi connectivity index (χ0v) is 13.1. The van der Waals surface area contributed by atoms with Crippen LogP contribution in [0.4, 0.5) is 0 Å². The summed E-state index contributed by atoms with van der Waals surface area (Å²) in [4.78, 5) is 5.03. The lowest BCUT2D eigenvalue weighted by molar-refractivity contribution is 0.195. The quantitative estimate of drug-likeness (QED) is 0.847. The molecule has 0 aliphatic carbocycles. The van der Waals surface area contributed by atoms with Gasteiger partial charge in [-0.25, -0.2) is 0 Å². The minimum atomic E-state index is 0.731. The van der Waals surface area contributed by atoms with Crippen molar-refractivity contribution in [3.63, 3.8) is 0 Å². The molecule has 4 nitrogen and oxygen atoms in total. The van der Waals surface area contributed by atoms with Crippen LogP contribution < -0.4 is 0 Å². The van der Waals surface area contributed by atoms with E-state index in [1.807, 2.05) is 0 Å². The molecule has 1 atom stereocenters. The highest BCUT2D eigenvalue weighted by Gasteiger charge is 2.23. The topological polar surface area (TPSA) is 32.3 Å². The molecule has 20 heavy (non-hydrogen) atoms. The van der Waals surface area contributed by atoms with Gasteiger partial charge in [-0.05, 0) is 50.7 Å². The van der Waals surface area contributed by atoms with Gasteiger partial charge in [0.05, 0.1) is 11.7 Å². The molecule has 1 aliphatic heterocycles. The number of fused-ring (bicyclic) bond motifs is 1. The van der Waals surface area contributed by atoms with Gasteiger partial charge in [-0.3, -0.25) is 4.90 Å². The van der Waals surface area contributed by atoms with Crippen molar-refractivity contribution in [2.24, 2.45) is 0 Å². The Morgan fingerprint density at radius 1 is 1.35 bits per heavy atom. The molecule has 1 fully saturated rings. The second-order valence-electron chi connectivity index (χ2n) is 5.71. The molecule has 0 spiro atoms. The van der Waals surface area contributed by atoms with Crippen LogP contribution in [0.2, 0.25) is 0 Å². The summed E-state index contributed by atoms with van der Waals surface area (Å²) in [6, 6.07) is 7.15. The van der Waals surface area contributed by atoms with E-state index in [-0.39, 0.29) is 0 Å². The number of benzene rings is 1. The first-order valence-corrected chi connectivity index (χ1v) is 8.13. The molecule has 1 aromatic carbocycles. The molecule has 2 aromatic rings. The number of rotatable bonds is 5. The third-order valence-corrected chi connectivity index (χ3v) is 4.76. The molecular formula is C15H22N4S. The number of likely N-dealkylation sites (tertiary alicyclic amines) is 1. The molecular weight excluding hydrogens is 268 g/mol. The summed E-state index contributed by atoms with van der Waals surface area (Å²) < 4.78 is 8.57. The lowest BCUT2D eigenvalue weighted by atomic mass is 10.1. The maximum Gasteiger partial charge on any atom is 0.105 e. The second kappa shape index (κ2) is 6.16. The molecule has 108 valence electrons. The Labute approximate surface area is 124 Å². The van der Waals surface area contributed by atoms with Gasteiger partial charge in [0, 0.05) is 19.1 Å². The number of aromatic nitrogens is 2. The number of likely N-dealkylation sites (N-methyl/N-ethyl adjacent to an activating group) is 2. The Kier molecular flexibility index (Phi) is 4.29. The van der Waals surface area contributed by atoms with Crippen molar-refractivity contribution in [2.75, 3.05) is 26.7 Å². The SMILES string of the molecule is CCN1CCC[C@@H]1CN(C)Cc1ccc2nsnc2c1. The summed E-state index contributed by atoms with van der Waals surface area (Å²) in [5, 5.41) is 0. The fourth-order valence-corrected chi connectivity index (χ4v) is 3.70. The average molecular weight is 290 g/mol. The van der Waals surface area contributed by atoms with E-state index < -0.39 is 0 Å². The van der Waals surface area contributed by atoms with E-state index in [0.717, 1.165) is 30.2 Å². The van der Waals surface area contributed by atoms with E-state index in [1.165, 1.54) is 43.2 Å². The van der Waals surface area contributed by atoms with Crippen molar-refractivity contribution in [3.8, 4) is 0 Å². The third-order valence-electron chi connectivity index (χ3n) is 4.20. The van der Waals surface area contributed by atoms with E-state index in [1.54, 1.807) is 0 Å². The van der Waals surface area contributed by atoms with Gasteiger partial charge in [0.1, 0.15) is 11.0 Å². The molecule has 0 N–H and O–H groups in total. The predicted octanol–water partition coefficient (Wildman–Crippen LogP) is 2.61. The van der Waals surface area contributed by atoms with Gasteiger partial charge in [0.2, 0.25) is 0 Å². The average Bonchev–Trinajstić information content (AvgIpc) is 3.06. The fourth-order valence-electron chi connectivity index (χ4n) is 3.18. The molecule has 0 radical (unpaired) electrons. The van der Waals surface area contributed by atoms with Crippen LogP contribution in [0, 0.1) is 0 Å². The largest absolute Gasteiger partial charge is 0.301 e. The standard InChI is InChI=1S/C15H22N4S/c1-3-19-8-4-5-13(19)11-18(2)10-12-6-7-14-15(9-12)17-20-16-14/h6-7,9,13H,3-5,8,10-11H2,1-2H3/t13-/m1/s1. The van der Waals surface area contributed by atoms with E-state index >= 15 is 0 Å². The fraction of sp³-hybridized carbons (Fsp3) is 0.600. The molecule has 1 aromatic heterocycles. The van der Waals surface area contributed by atoms with Crippen LogP contribution in [0.15, 0.2) is 18.2 Å². The molecule has 1 saturated heterocycles. The first kappa shape index (κ1) is 13.9. The Hall–Kier alpha value is -1.04. The molecule has 0 bridgehead atoms. The molecule has 0 unspecified atom stereocenters. The van der Waals surface area contributed by atoms with Crippen molar-refractivity contribution in [1.82, 2.24) is 18.5 Å².